The fraction of sp³-hybridized carbons (Fsp3) is 0.538. The van der Waals surface area contributed by atoms with E-state index in [1.807, 2.05) is 6.20 Å². The molecule has 1 aromatic carbocycles. The molecule has 1 aliphatic rings. The Morgan fingerprint density at radius 3 is 2.49 bits per heavy atom. The van der Waals surface area contributed by atoms with E-state index in [-0.39, 0.29) is 18.1 Å². The quantitative estimate of drug-likeness (QED) is 0.316. The van der Waals surface area contributed by atoms with Crippen LogP contribution < -0.4 is 10.2 Å². The molecule has 0 saturated carbocycles. The van der Waals surface area contributed by atoms with Crippen molar-refractivity contribution in [3.8, 4) is 6.07 Å². The van der Waals surface area contributed by atoms with Gasteiger partial charge in [0.2, 0.25) is 5.91 Å². The van der Waals surface area contributed by atoms with E-state index in [0.717, 1.165) is 35.9 Å². The van der Waals surface area contributed by atoms with Gasteiger partial charge in [0.05, 0.1) is 28.6 Å². The molecule has 1 fully saturated rings. The highest BCUT2D eigenvalue weighted by Gasteiger charge is 2.51. The number of alkyl halides is 3. The Kier molecular flexibility index (Phi) is 9.32. The van der Waals surface area contributed by atoms with Crippen molar-refractivity contribution in [3.05, 3.63) is 41.2 Å². The SMILES string of the molecule is CNC(=O)CCCCCn1cc(CCCCN2C(=O)N(c3ccc(C#N)c(C(F)(F)F)c3)C(=O)C2(C)C)nn1. The van der Waals surface area contributed by atoms with Crippen LogP contribution in [0.1, 0.15) is 69.2 Å². The van der Waals surface area contributed by atoms with E-state index < -0.39 is 34.8 Å². The van der Waals surface area contributed by atoms with Crippen molar-refractivity contribution in [1.29, 1.82) is 5.26 Å². The molecule has 0 radical (unpaired) electrons. The topological polar surface area (TPSA) is 124 Å². The zero-order valence-electron chi connectivity index (χ0n) is 22.2. The van der Waals surface area contributed by atoms with E-state index in [1.54, 1.807) is 25.6 Å². The number of anilines is 1. The molecule has 13 heteroatoms. The minimum absolute atomic E-state index is 0.0268. The molecule has 2 heterocycles. The lowest BCUT2D eigenvalue weighted by Gasteiger charge is -2.27. The number of rotatable bonds is 12. The van der Waals surface area contributed by atoms with Crippen LogP contribution in [0.5, 0.6) is 0 Å². The summed E-state index contributed by atoms with van der Waals surface area (Å²) in [5.74, 6) is -0.609. The molecular formula is C26H32F3N7O3. The smallest absolute Gasteiger partial charge is 0.359 e. The minimum atomic E-state index is -4.81. The van der Waals surface area contributed by atoms with Crippen LogP contribution in [0, 0.1) is 11.3 Å². The average Bonchev–Trinajstić information content (AvgIpc) is 3.40. The Labute approximate surface area is 224 Å². The second kappa shape index (κ2) is 12.3. The number of benzene rings is 1. The number of nitrogens with one attached hydrogen (secondary N) is 1. The molecule has 4 amide bonds. The maximum atomic E-state index is 13.4. The van der Waals surface area contributed by atoms with Gasteiger partial charge in [0.25, 0.3) is 5.91 Å². The Hall–Kier alpha value is -3.95. The molecule has 10 nitrogen and oxygen atoms in total. The Morgan fingerprint density at radius 1 is 1.10 bits per heavy atom. The zero-order chi connectivity index (χ0) is 28.8. The number of hydrogen-bond donors (Lipinski definition) is 1. The molecule has 1 saturated heterocycles. The molecule has 210 valence electrons. The molecule has 1 aliphatic heterocycles. The molecule has 0 bridgehead atoms. The van der Waals surface area contributed by atoms with E-state index >= 15 is 0 Å². The number of aromatic nitrogens is 3. The van der Waals surface area contributed by atoms with Crippen LogP contribution in [0.15, 0.2) is 24.4 Å². The Morgan fingerprint density at radius 2 is 1.82 bits per heavy atom. The summed E-state index contributed by atoms with van der Waals surface area (Å²) in [5, 5.41) is 19.9. The van der Waals surface area contributed by atoms with Crippen LogP contribution in [-0.2, 0) is 28.7 Å². The first-order chi connectivity index (χ1) is 18.4. The van der Waals surface area contributed by atoms with E-state index in [9.17, 15) is 27.6 Å². The van der Waals surface area contributed by atoms with Gasteiger partial charge in [-0.1, -0.05) is 11.6 Å². The fourth-order valence-corrected chi connectivity index (χ4v) is 4.44. The number of nitrogens with zero attached hydrogens (tertiary/aromatic N) is 6. The standard InChI is InChI=1S/C26H32F3N7O3/c1-25(2)23(38)36(20-12-11-18(16-30)21(15-20)26(27,28)29)24(39)35(25)14-8-6-9-19-17-34(33-32-19)13-7-4-5-10-22(37)31-3/h11-12,15,17H,4-10,13-14H2,1-3H3,(H,31,37). The van der Waals surface area contributed by atoms with Crippen LogP contribution in [0.3, 0.4) is 0 Å². The van der Waals surface area contributed by atoms with Gasteiger partial charge in [-0.15, -0.1) is 5.10 Å². The van der Waals surface area contributed by atoms with Crippen molar-refractivity contribution in [1.82, 2.24) is 25.2 Å². The number of carbonyl (C=O) groups excluding carboxylic acids is 3. The lowest BCUT2D eigenvalue weighted by Crippen LogP contribution is -2.44. The molecule has 3 rings (SSSR count). The number of nitriles is 1. The number of hydrogen-bond acceptors (Lipinski definition) is 6. The second-order valence-electron chi connectivity index (χ2n) is 9.89. The maximum absolute atomic E-state index is 13.4. The van der Waals surface area contributed by atoms with Crippen molar-refractivity contribution in [3.63, 3.8) is 0 Å². The number of carbonyl (C=O) groups is 3. The molecule has 0 aliphatic carbocycles. The van der Waals surface area contributed by atoms with Crippen molar-refractivity contribution in [2.24, 2.45) is 0 Å². The molecule has 0 atom stereocenters. The molecule has 0 unspecified atom stereocenters. The Bertz CT molecular complexity index is 1250. The van der Waals surface area contributed by atoms with Gasteiger partial charge in [-0.2, -0.15) is 18.4 Å². The van der Waals surface area contributed by atoms with Gasteiger partial charge in [-0.05, 0) is 64.2 Å². The summed E-state index contributed by atoms with van der Waals surface area (Å²) < 4.78 is 42.0. The van der Waals surface area contributed by atoms with Gasteiger partial charge in [-0.3, -0.25) is 14.3 Å². The van der Waals surface area contributed by atoms with Crippen molar-refractivity contribution >= 4 is 23.5 Å². The van der Waals surface area contributed by atoms with E-state index in [1.165, 1.54) is 17.0 Å². The highest BCUT2D eigenvalue weighted by Crippen LogP contribution is 2.37. The van der Waals surface area contributed by atoms with Crippen molar-refractivity contribution in [2.45, 2.75) is 77.1 Å². The summed E-state index contributed by atoms with van der Waals surface area (Å²) in [6.45, 7) is 4.04. The largest absolute Gasteiger partial charge is 0.417 e. The number of imide groups is 1. The molecular weight excluding hydrogens is 515 g/mol. The molecule has 39 heavy (non-hydrogen) atoms. The number of unbranched alkanes of at least 4 members (excludes halogenated alkanes) is 3. The van der Waals surface area contributed by atoms with E-state index in [2.05, 4.69) is 15.6 Å². The Balaban J connectivity index is 1.54. The normalized spacial score (nSPS) is 15.1. The third kappa shape index (κ3) is 6.93. The number of amides is 4. The second-order valence-corrected chi connectivity index (χ2v) is 9.89. The average molecular weight is 548 g/mol. The predicted molar refractivity (Wildman–Crippen MR) is 135 cm³/mol. The first-order valence-corrected chi connectivity index (χ1v) is 12.8. The van der Waals surface area contributed by atoms with Crippen LogP contribution in [0.4, 0.5) is 23.7 Å². The van der Waals surface area contributed by atoms with Gasteiger partial charge < -0.3 is 10.2 Å². The molecule has 0 spiro atoms. The van der Waals surface area contributed by atoms with Gasteiger partial charge >= 0.3 is 12.2 Å². The van der Waals surface area contributed by atoms with Gasteiger partial charge in [0.1, 0.15) is 5.54 Å². The van der Waals surface area contributed by atoms with Crippen LogP contribution in [-0.4, -0.2) is 56.9 Å². The maximum Gasteiger partial charge on any atom is 0.417 e. The van der Waals surface area contributed by atoms with Crippen LogP contribution >= 0.6 is 0 Å². The third-order valence-electron chi connectivity index (χ3n) is 6.73. The first-order valence-electron chi connectivity index (χ1n) is 12.8. The van der Waals surface area contributed by atoms with Gasteiger partial charge in [0.15, 0.2) is 0 Å². The van der Waals surface area contributed by atoms with E-state index in [4.69, 9.17) is 5.26 Å². The summed E-state index contributed by atoms with van der Waals surface area (Å²) in [4.78, 5) is 39.6. The highest BCUT2D eigenvalue weighted by molar-refractivity contribution is 6.23. The van der Waals surface area contributed by atoms with Gasteiger partial charge in [-0.25, -0.2) is 9.69 Å². The van der Waals surface area contributed by atoms with Crippen molar-refractivity contribution < 1.29 is 27.6 Å². The highest BCUT2D eigenvalue weighted by atomic mass is 19.4. The molecule has 2 aromatic rings. The molecule has 1 aromatic heterocycles. The fourth-order valence-electron chi connectivity index (χ4n) is 4.44. The first kappa shape index (κ1) is 29.6. The van der Waals surface area contributed by atoms with Crippen molar-refractivity contribution in [2.75, 3.05) is 18.5 Å². The van der Waals surface area contributed by atoms with E-state index in [0.29, 0.717) is 38.3 Å². The third-order valence-corrected chi connectivity index (χ3v) is 6.73. The lowest BCUT2D eigenvalue weighted by atomic mass is 10.0. The number of halogens is 3. The van der Waals surface area contributed by atoms with Crippen LogP contribution in [0.2, 0.25) is 0 Å². The lowest BCUT2D eigenvalue weighted by molar-refractivity contribution is -0.137. The summed E-state index contributed by atoms with van der Waals surface area (Å²) in [6, 6.07) is 3.60. The summed E-state index contributed by atoms with van der Waals surface area (Å²) >= 11 is 0. The zero-order valence-corrected chi connectivity index (χ0v) is 22.2. The number of aryl methyl sites for hydroxylation is 2. The monoisotopic (exact) mass is 547 g/mol. The molecule has 1 N–H and O–H groups in total. The summed E-state index contributed by atoms with van der Waals surface area (Å²) in [5.41, 5.74) is -2.46. The predicted octanol–water partition coefficient (Wildman–Crippen LogP) is 4.05. The minimum Gasteiger partial charge on any atom is -0.359 e. The summed E-state index contributed by atoms with van der Waals surface area (Å²) in [7, 11) is 1.62. The number of urea groups is 1. The summed E-state index contributed by atoms with van der Waals surface area (Å²) in [6.07, 6.45) is 1.95. The van der Waals surface area contributed by atoms with Gasteiger partial charge in [0, 0.05) is 32.8 Å². The van der Waals surface area contributed by atoms with Crippen LogP contribution in [0.25, 0.3) is 0 Å².